The Bertz CT molecular complexity index is 275. The van der Waals surface area contributed by atoms with Gasteiger partial charge in [0.25, 0.3) is 0 Å². The van der Waals surface area contributed by atoms with Crippen LogP contribution >= 0.6 is 22.6 Å². The minimum Gasteiger partial charge on any atom is -0.297 e. The van der Waals surface area contributed by atoms with E-state index in [0.717, 1.165) is 12.1 Å². The Labute approximate surface area is 120 Å². The van der Waals surface area contributed by atoms with Crippen molar-refractivity contribution in [3.63, 3.8) is 0 Å². The lowest BCUT2D eigenvalue weighted by atomic mass is 9.87. The van der Waals surface area contributed by atoms with Gasteiger partial charge in [-0.25, -0.2) is 0 Å². The summed E-state index contributed by atoms with van der Waals surface area (Å²) < 4.78 is 0.453. The smallest absolute Gasteiger partial charge is 0.0365 e. The van der Waals surface area contributed by atoms with Gasteiger partial charge in [0.05, 0.1) is 0 Å². The zero-order chi connectivity index (χ0) is 12.8. The van der Waals surface area contributed by atoms with Crippen LogP contribution in [0.1, 0.15) is 47.5 Å². The molecule has 0 spiro atoms. The van der Waals surface area contributed by atoms with Gasteiger partial charge < -0.3 is 0 Å². The van der Waals surface area contributed by atoms with E-state index >= 15 is 0 Å². The van der Waals surface area contributed by atoms with Gasteiger partial charge in [-0.3, -0.25) is 9.80 Å². The molecule has 0 N–H and O–H groups in total. The first-order valence-electron chi connectivity index (χ1n) is 7.03. The molecule has 3 atom stereocenters. The van der Waals surface area contributed by atoms with Crippen molar-refractivity contribution in [3.05, 3.63) is 0 Å². The topological polar surface area (TPSA) is 6.48 Å². The van der Waals surface area contributed by atoms with Crippen molar-refractivity contribution in [2.75, 3.05) is 13.1 Å². The summed E-state index contributed by atoms with van der Waals surface area (Å²) in [5.74, 6) is 0. The molecule has 100 valence electrons. The monoisotopic (exact) mass is 350 g/mol. The molecule has 3 heterocycles. The summed E-state index contributed by atoms with van der Waals surface area (Å²) in [4.78, 5) is 5.49. The number of halogens is 1. The lowest BCUT2D eigenvalue weighted by Gasteiger charge is -2.49. The Kier molecular flexibility index (Phi) is 4.11. The third-order valence-electron chi connectivity index (χ3n) is 4.61. The number of alkyl halides is 1. The summed E-state index contributed by atoms with van der Waals surface area (Å²) in [6.45, 7) is 14.4. The van der Waals surface area contributed by atoms with Crippen LogP contribution < -0.4 is 0 Å². The first-order chi connectivity index (χ1) is 7.83. The molecule has 0 aromatic carbocycles. The van der Waals surface area contributed by atoms with E-state index in [-0.39, 0.29) is 0 Å². The van der Waals surface area contributed by atoms with Crippen LogP contribution in [0.4, 0.5) is 0 Å². The molecule has 3 saturated heterocycles. The lowest BCUT2D eigenvalue weighted by Crippen LogP contribution is -2.59. The Morgan fingerprint density at radius 2 is 1.71 bits per heavy atom. The summed E-state index contributed by atoms with van der Waals surface area (Å²) >= 11 is 2.72. The summed E-state index contributed by atoms with van der Waals surface area (Å²) in [6.07, 6.45) is 2.70. The molecule has 17 heavy (non-hydrogen) atoms. The van der Waals surface area contributed by atoms with E-state index in [2.05, 4.69) is 67.0 Å². The van der Waals surface area contributed by atoms with Crippen molar-refractivity contribution in [1.29, 1.82) is 0 Å². The van der Waals surface area contributed by atoms with Gasteiger partial charge in [0.15, 0.2) is 0 Å². The number of fused-ring (bicyclic) bond motifs is 4. The van der Waals surface area contributed by atoms with E-state index < -0.39 is 0 Å². The van der Waals surface area contributed by atoms with Crippen LogP contribution in [-0.2, 0) is 0 Å². The zero-order valence-corrected chi connectivity index (χ0v) is 14.1. The third-order valence-corrected chi connectivity index (χ3v) is 5.77. The molecular formula is C14H27IN2. The number of piperidine rings is 1. The fourth-order valence-corrected chi connectivity index (χ4v) is 4.95. The molecule has 0 aliphatic carbocycles. The molecule has 2 bridgehead atoms. The Balaban J connectivity index is 2.26. The van der Waals surface area contributed by atoms with Crippen molar-refractivity contribution in [3.8, 4) is 0 Å². The van der Waals surface area contributed by atoms with Gasteiger partial charge in [0.1, 0.15) is 0 Å². The van der Waals surface area contributed by atoms with Crippen molar-refractivity contribution in [2.24, 2.45) is 0 Å². The van der Waals surface area contributed by atoms with Gasteiger partial charge >= 0.3 is 0 Å². The van der Waals surface area contributed by atoms with Gasteiger partial charge in [-0.2, -0.15) is 0 Å². The van der Waals surface area contributed by atoms with E-state index in [1.54, 1.807) is 0 Å². The van der Waals surface area contributed by atoms with Crippen LogP contribution in [0.2, 0.25) is 0 Å². The van der Waals surface area contributed by atoms with E-state index in [1.165, 1.54) is 25.9 Å². The second-order valence-corrected chi connectivity index (χ2v) is 9.03. The predicted octanol–water partition coefficient (Wildman–Crippen LogP) is 3.15. The summed E-state index contributed by atoms with van der Waals surface area (Å²) in [6, 6.07) is 2.91. The molecular weight excluding hydrogens is 323 g/mol. The van der Waals surface area contributed by atoms with Crippen LogP contribution in [0, 0.1) is 0 Å². The Morgan fingerprint density at radius 3 is 2.24 bits per heavy atom. The summed E-state index contributed by atoms with van der Waals surface area (Å²) in [7, 11) is 0. The molecule has 3 aliphatic heterocycles. The van der Waals surface area contributed by atoms with Crippen LogP contribution in [0.15, 0.2) is 0 Å². The zero-order valence-electron chi connectivity index (χ0n) is 11.9. The second kappa shape index (κ2) is 4.97. The lowest BCUT2D eigenvalue weighted by molar-refractivity contribution is 0.0564. The maximum absolute atomic E-state index is 2.75. The fraction of sp³-hybridized carbons (Fsp3) is 1.00. The fourth-order valence-electron chi connectivity index (χ4n) is 3.77. The van der Waals surface area contributed by atoms with Crippen LogP contribution in [0.3, 0.4) is 0 Å². The van der Waals surface area contributed by atoms with Crippen molar-refractivity contribution in [2.45, 2.75) is 75.0 Å². The Hall–Kier alpha value is 0.650. The van der Waals surface area contributed by atoms with Gasteiger partial charge in [-0.15, -0.1) is 0 Å². The second-order valence-electron chi connectivity index (χ2n) is 6.56. The van der Waals surface area contributed by atoms with E-state index in [0.29, 0.717) is 15.5 Å². The van der Waals surface area contributed by atoms with Crippen molar-refractivity contribution >= 4 is 22.6 Å². The molecule has 3 unspecified atom stereocenters. The molecule has 2 nitrogen and oxygen atoms in total. The first-order valence-corrected chi connectivity index (χ1v) is 8.11. The van der Waals surface area contributed by atoms with Crippen molar-refractivity contribution in [1.82, 2.24) is 9.80 Å². The number of rotatable bonds is 2. The first kappa shape index (κ1) is 14.1. The predicted molar refractivity (Wildman–Crippen MR) is 82.9 cm³/mol. The average Bonchev–Trinajstić information content (AvgIpc) is 2.43. The maximum Gasteiger partial charge on any atom is 0.0365 e. The molecule has 0 amide bonds. The van der Waals surface area contributed by atoms with Gasteiger partial charge in [0.2, 0.25) is 0 Å². The summed E-state index contributed by atoms with van der Waals surface area (Å²) in [5.41, 5.74) is 0. The van der Waals surface area contributed by atoms with Crippen molar-refractivity contribution < 1.29 is 0 Å². The Morgan fingerprint density at radius 1 is 1.12 bits per heavy atom. The molecule has 0 aromatic rings. The normalized spacial score (nSPS) is 40.2. The molecule has 3 heteroatoms. The largest absolute Gasteiger partial charge is 0.297 e. The highest BCUT2D eigenvalue weighted by molar-refractivity contribution is 14.1. The standard InChI is InChI=1S/C14H27IN2/c1-10(2)16-7-6-13-14(5,15)8-12(16)9-17(13)11(3)4/h10-13H,6-9H2,1-5H3. The highest BCUT2D eigenvalue weighted by atomic mass is 127. The van der Waals surface area contributed by atoms with Gasteiger partial charge in [0, 0.05) is 40.7 Å². The highest BCUT2D eigenvalue weighted by Crippen LogP contribution is 2.42. The highest BCUT2D eigenvalue weighted by Gasteiger charge is 2.48. The number of hydrogen-bond donors (Lipinski definition) is 0. The quantitative estimate of drug-likeness (QED) is 0.558. The van der Waals surface area contributed by atoms with Crippen LogP contribution in [0.25, 0.3) is 0 Å². The van der Waals surface area contributed by atoms with Crippen LogP contribution in [-0.4, -0.2) is 50.5 Å². The maximum atomic E-state index is 2.75. The minimum atomic E-state index is 0.453. The van der Waals surface area contributed by atoms with Gasteiger partial charge in [-0.1, -0.05) is 22.6 Å². The van der Waals surface area contributed by atoms with E-state index in [9.17, 15) is 0 Å². The third kappa shape index (κ3) is 2.66. The van der Waals surface area contributed by atoms with E-state index in [1.807, 2.05) is 0 Å². The SMILES string of the molecule is CC(C)N1CCC2N(C(C)C)CC1CC2(C)I. The number of hydrogen-bond acceptors (Lipinski definition) is 2. The molecule has 3 aliphatic rings. The molecule has 0 saturated carbocycles. The van der Waals surface area contributed by atoms with Gasteiger partial charge in [-0.05, 0) is 47.5 Å². The molecule has 0 radical (unpaired) electrons. The minimum absolute atomic E-state index is 0.453. The summed E-state index contributed by atoms with van der Waals surface area (Å²) in [5, 5.41) is 0. The molecule has 3 rings (SSSR count). The average molecular weight is 350 g/mol. The van der Waals surface area contributed by atoms with E-state index in [4.69, 9.17) is 0 Å². The molecule has 0 aromatic heterocycles. The molecule has 3 fully saturated rings. The number of nitrogens with zero attached hydrogens (tertiary/aromatic N) is 2. The van der Waals surface area contributed by atoms with Crippen LogP contribution in [0.5, 0.6) is 0 Å².